The highest BCUT2D eigenvalue weighted by Crippen LogP contribution is 2.44. The van der Waals surface area contributed by atoms with Gasteiger partial charge in [-0.2, -0.15) is 0 Å². The molecule has 2 aromatic carbocycles. The molecular weight excluding hydrogens is 432 g/mol. The number of benzene rings is 2. The Hall–Kier alpha value is -3.35. The number of nitrogens with one attached hydrogen (secondary N) is 2. The number of aliphatic carboxylic acids is 1. The maximum atomic E-state index is 13.1. The summed E-state index contributed by atoms with van der Waals surface area (Å²) in [5.41, 5.74) is 3.48. The highest BCUT2D eigenvalue weighted by molar-refractivity contribution is 5.91. The Balaban J connectivity index is 1.40. The largest absolute Gasteiger partial charge is 0.481 e. The van der Waals surface area contributed by atoms with Gasteiger partial charge in [0.2, 0.25) is 5.91 Å². The van der Waals surface area contributed by atoms with Crippen molar-refractivity contribution in [2.75, 3.05) is 6.61 Å². The molecule has 0 saturated heterocycles. The van der Waals surface area contributed by atoms with Gasteiger partial charge in [-0.1, -0.05) is 62.4 Å². The number of rotatable bonds is 8. The lowest BCUT2D eigenvalue weighted by Crippen LogP contribution is -2.64. The minimum atomic E-state index is -1.06. The quantitative estimate of drug-likeness (QED) is 0.540. The zero-order chi connectivity index (χ0) is 24.5. The second-order valence-electron chi connectivity index (χ2n) is 9.76. The number of ether oxygens (including phenoxy) is 1. The van der Waals surface area contributed by atoms with Crippen LogP contribution in [0.3, 0.4) is 0 Å². The minimum absolute atomic E-state index is 0.0632. The van der Waals surface area contributed by atoms with Crippen molar-refractivity contribution in [1.82, 2.24) is 10.6 Å². The van der Waals surface area contributed by atoms with Crippen LogP contribution in [0.1, 0.15) is 57.1 Å². The van der Waals surface area contributed by atoms with Crippen molar-refractivity contribution >= 4 is 18.0 Å². The Morgan fingerprint density at radius 2 is 1.56 bits per heavy atom. The molecule has 4 rings (SSSR count). The predicted molar refractivity (Wildman–Crippen MR) is 128 cm³/mol. The molecule has 2 atom stereocenters. The first-order valence-corrected chi connectivity index (χ1v) is 11.9. The number of hydrogen-bond donors (Lipinski definition) is 3. The maximum absolute atomic E-state index is 13.1. The Morgan fingerprint density at radius 1 is 1.00 bits per heavy atom. The number of amides is 2. The highest BCUT2D eigenvalue weighted by atomic mass is 16.5. The summed E-state index contributed by atoms with van der Waals surface area (Å²) in [5, 5.41) is 15.1. The standard InChI is InChI=1S/C27H32N2O5/c1-16(2)23(24(30)31)17(3)28-25(32)27(13-8-14-27)29-26(33)34-15-22-20-11-6-4-9-18(20)19-10-5-7-12-21(19)22/h4-7,9-12,16-17,22-23H,8,13-15H2,1-3H3,(H,28,32)(H,29,33)(H,30,31). The summed E-state index contributed by atoms with van der Waals surface area (Å²) in [6, 6.07) is 15.7. The van der Waals surface area contributed by atoms with Crippen LogP contribution in [0.5, 0.6) is 0 Å². The molecule has 0 heterocycles. The number of carboxylic acids is 1. The van der Waals surface area contributed by atoms with Crippen molar-refractivity contribution in [1.29, 1.82) is 0 Å². The van der Waals surface area contributed by atoms with Crippen LogP contribution in [0.2, 0.25) is 0 Å². The SMILES string of the molecule is CC(C)C(C(=O)O)C(C)NC(=O)C1(NC(=O)OCC2c3ccccc3-c3ccccc32)CCC1. The molecule has 2 aliphatic carbocycles. The third-order valence-electron chi connectivity index (χ3n) is 7.23. The van der Waals surface area contributed by atoms with Crippen LogP contribution in [0.15, 0.2) is 48.5 Å². The van der Waals surface area contributed by atoms with Gasteiger partial charge >= 0.3 is 12.1 Å². The van der Waals surface area contributed by atoms with Gasteiger partial charge in [-0.3, -0.25) is 9.59 Å². The summed E-state index contributed by atoms with van der Waals surface area (Å²) in [7, 11) is 0. The van der Waals surface area contributed by atoms with E-state index in [0.29, 0.717) is 12.8 Å². The molecule has 1 saturated carbocycles. The first-order valence-electron chi connectivity index (χ1n) is 11.9. The van der Waals surface area contributed by atoms with Crippen LogP contribution in [-0.2, 0) is 14.3 Å². The second kappa shape index (κ2) is 9.49. The molecule has 2 amide bonds. The fourth-order valence-corrected chi connectivity index (χ4v) is 5.28. The van der Waals surface area contributed by atoms with Gasteiger partial charge in [-0.05, 0) is 54.4 Å². The van der Waals surface area contributed by atoms with Crippen molar-refractivity contribution < 1.29 is 24.2 Å². The second-order valence-corrected chi connectivity index (χ2v) is 9.76. The molecule has 7 heteroatoms. The Labute approximate surface area is 199 Å². The van der Waals surface area contributed by atoms with Gasteiger partial charge in [0.05, 0.1) is 5.92 Å². The van der Waals surface area contributed by atoms with E-state index in [9.17, 15) is 19.5 Å². The average Bonchev–Trinajstić information content (AvgIpc) is 3.08. The Morgan fingerprint density at radius 3 is 2.03 bits per heavy atom. The number of carboxylic acid groups (broad SMARTS) is 1. The summed E-state index contributed by atoms with van der Waals surface area (Å²) in [6.07, 6.45) is 1.16. The molecule has 0 radical (unpaired) electrons. The van der Waals surface area contributed by atoms with E-state index in [-0.39, 0.29) is 24.3 Å². The number of hydrogen-bond acceptors (Lipinski definition) is 4. The van der Waals surface area contributed by atoms with Crippen LogP contribution in [0, 0.1) is 11.8 Å². The molecule has 2 aromatic rings. The summed E-state index contributed by atoms with van der Waals surface area (Å²) in [5.74, 6) is -2.22. The van der Waals surface area contributed by atoms with Crippen LogP contribution in [0.4, 0.5) is 4.79 Å². The Bertz CT molecular complexity index is 1050. The fourth-order valence-electron chi connectivity index (χ4n) is 5.28. The van der Waals surface area contributed by atoms with Gasteiger partial charge < -0.3 is 20.5 Å². The molecule has 2 unspecified atom stereocenters. The number of fused-ring (bicyclic) bond motifs is 3. The molecule has 34 heavy (non-hydrogen) atoms. The van der Waals surface area contributed by atoms with Crippen molar-refractivity contribution in [3.05, 3.63) is 59.7 Å². The molecule has 0 aromatic heterocycles. The lowest BCUT2D eigenvalue weighted by molar-refractivity contribution is -0.145. The van der Waals surface area contributed by atoms with Crippen LogP contribution in [-0.4, -0.2) is 41.3 Å². The minimum Gasteiger partial charge on any atom is -0.481 e. The molecule has 0 aliphatic heterocycles. The number of carbonyl (C=O) groups excluding carboxylic acids is 2. The molecule has 7 nitrogen and oxygen atoms in total. The van der Waals surface area contributed by atoms with Crippen LogP contribution < -0.4 is 10.6 Å². The predicted octanol–water partition coefficient (Wildman–Crippen LogP) is 4.31. The van der Waals surface area contributed by atoms with Crippen molar-refractivity contribution in [3.63, 3.8) is 0 Å². The number of alkyl carbamates (subject to hydrolysis) is 1. The van der Waals surface area contributed by atoms with E-state index >= 15 is 0 Å². The van der Waals surface area contributed by atoms with Gasteiger partial charge in [-0.25, -0.2) is 4.79 Å². The molecule has 0 spiro atoms. The lowest BCUT2D eigenvalue weighted by Gasteiger charge is -2.41. The highest BCUT2D eigenvalue weighted by Gasteiger charge is 2.47. The molecular formula is C27H32N2O5. The lowest BCUT2D eigenvalue weighted by atomic mass is 9.75. The fraction of sp³-hybridized carbons (Fsp3) is 0.444. The summed E-state index contributed by atoms with van der Waals surface area (Å²) >= 11 is 0. The van der Waals surface area contributed by atoms with E-state index in [4.69, 9.17) is 4.74 Å². The van der Waals surface area contributed by atoms with E-state index in [1.807, 2.05) is 38.1 Å². The van der Waals surface area contributed by atoms with Gasteiger partial charge in [-0.15, -0.1) is 0 Å². The summed E-state index contributed by atoms with van der Waals surface area (Å²) in [4.78, 5) is 37.4. The van der Waals surface area contributed by atoms with Crippen molar-refractivity contribution in [2.24, 2.45) is 11.8 Å². The topological polar surface area (TPSA) is 105 Å². The van der Waals surface area contributed by atoms with Gasteiger partial charge in [0, 0.05) is 12.0 Å². The smallest absolute Gasteiger partial charge is 0.408 e. The molecule has 0 bridgehead atoms. The van der Waals surface area contributed by atoms with Gasteiger partial charge in [0.25, 0.3) is 0 Å². The van der Waals surface area contributed by atoms with Crippen LogP contribution in [0.25, 0.3) is 11.1 Å². The Kier molecular flexibility index (Phi) is 6.64. The van der Waals surface area contributed by atoms with E-state index in [2.05, 4.69) is 34.9 Å². The summed E-state index contributed by atoms with van der Waals surface area (Å²) < 4.78 is 5.63. The number of carbonyl (C=O) groups is 3. The first kappa shape index (κ1) is 23.8. The molecule has 2 aliphatic rings. The third kappa shape index (κ3) is 4.39. The zero-order valence-electron chi connectivity index (χ0n) is 19.8. The van der Waals surface area contributed by atoms with Crippen LogP contribution >= 0.6 is 0 Å². The third-order valence-corrected chi connectivity index (χ3v) is 7.23. The molecule has 180 valence electrons. The average molecular weight is 465 g/mol. The van der Waals surface area contributed by atoms with E-state index < -0.39 is 29.6 Å². The van der Waals surface area contributed by atoms with Crippen molar-refractivity contribution in [2.45, 2.75) is 57.5 Å². The van der Waals surface area contributed by atoms with Gasteiger partial charge in [0.1, 0.15) is 12.1 Å². The maximum Gasteiger partial charge on any atom is 0.408 e. The normalized spacial score (nSPS) is 17.6. The first-order chi connectivity index (χ1) is 16.2. The summed E-state index contributed by atoms with van der Waals surface area (Å²) in [6.45, 7) is 5.49. The molecule has 3 N–H and O–H groups in total. The van der Waals surface area contributed by atoms with E-state index in [1.165, 1.54) is 0 Å². The van der Waals surface area contributed by atoms with Crippen molar-refractivity contribution in [3.8, 4) is 11.1 Å². The van der Waals surface area contributed by atoms with Gasteiger partial charge in [0.15, 0.2) is 0 Å². The zero-order valence-corrected chi connectivity index (χ0v) is 19.8. The van der Waals surface area contributed by atoms with E-state index in [0.717, 1.165) is 28.7 Å². The van der Waals surface area contributed by atoms with E-state index in [1.54, 1.807) is 6.92 Å². The molecule has 1 fully saturated rings. The monoisotopic (exact) mass is 464 g/mol.